The molecule has 0 nitrogen and oxygen atoms in total. The van der Waals surface area contributed by atoms with Crippen LogP contribution in [0.2, 0.25) is 0 Å². The fourth-order valence-electron chi connectivity index (χ4n) is 3.32. The van der Waals surface area contributed by atoms with E-state index in [1.54, 1.807) is 0 Å². The van der Waals surface area contributed by atoms with E-state index in [0.717, 1.165) is 12.0 Å². The lowest BCUT2D eigenvalue weighted by Crippen LogP contribution is -1.97. The van der Waals surface area contributed by atoms with Crippen LogP contribution in [0.3, 0.4) is 0 Å². The molecule has 0 heteroatoms. The van der Waals surface area contributed by atoms with Crippen LogP contribution in [0, 0.1) is 0 Å². The molecule has 0 saturated carbocycles. The van der Waals surface area contributed by atoms with Gasteiger partial charge in [0.2, 0.25) is 0 Å². The molecule has 0 heterocycles. The molecule has 0 bridgehead atoms. The highest BCUT2D eigenvalue weighted by molar-refractivity contribution is 6.06. The molecule has 1 aliphatic carbocycles. The molecular weight excluding hydrogens is 432 g/mol. The Kier molecular flexibility index (Phi) is 23.9. The van der Waals surface area contributed by atoms with Gasteiger partial charge in [-0.15, -0.1) is 0 Å². The van der Waals surface area contributed by atoms with Gasteiger partial charge in [-0.25, -0.2) is 0 Å². The molecule has 0 saturated heterocycles. The Hall–Kier alpha value is -3.38. The minimum Gasteiger partial charge on any atom is -0.0984 e. The van der Waals surface area contributed by atoms with E-state index in [1.807, 2.05) is 74.5 Å². The fourth-order valence-corrected chi connectivity index (χ4v) is 3.32. The van der Waals surface area contributed by atoms with Crippen molar-refractivity contribution < 1.29 is 0 Å². The van der Waals surface area contributed by atoms with Crippen LogP contribution in [-0.4, -0.2) is 0 Å². The van der Waals surface area contributed by atoms with Gasteiger partial charge < -0.3 is 0 Å². The molecule has 2 aromatic rings. The smallest absolute Gasteiger partial charge is 0.00269 e. The average molecular weight is 483 g/mol. The molecule has 0 N–H and O–H groups in total. The van der Waals surface area contributed by atoms with Crippen molar-refractivity contribution in [3.05, 3.63) is 144 Å². The summed E-state index contributed by atoms with van der Waals surface area (Å²) in [5.41, 5.74) is 7.08. The monoisotopic (exact) mass is 482 g/mol. The summed E-state index contributed by atoms with van der Waals surface area (Å²) in [7, 11) is 0. The number of hydrogen-bond donors (Lipinski definition) is 0. The van der Waals surface area contributed by atoms with Crippen LogP contribution < -0.4 is 0 Å². The van der Waals surface area contributed by atoms with Gasteiger partial charge in [0.1, 0.15) is 0 Å². The van der Waals surface area contributed by atoms with Crippen molar-refractivity contribution in [1.82, 2.24) is 0 Å². The molecule has 0 radical (unpaired) electrons. The standard InChI is InChI=1S/C28H26.4C2H6/c1-3-5-16-23(4-2)27(24-19-12-8-13-20-24)28(26-21-14-9-15-22-26)25-17-10-6-7-11-18-25;4*1-2/h3-6,8-22H,2,7H2,1H3;4*1-2H3/b5-3-,23-16+,28-27+;;;;. The van der Waals surface area contributed by atoms with Crippen LogP contribution in [0.5, 0.6) is 0 Å². The Bertz CT molecular complexity index is 975. The SMILES string of the molecule is C=CC(=C\C=C/C)/C(=C(/C1=CC=CCC=C1)c1ccccc1)c1ccccc1.CC.CC.CC.CC. The lowest BCUT2D eigenvalue weighted by molar-refractivity contribution is 1.40. The molecule has 0 amide bonds. The predicted octanol–water partition coefficient (Wildman–Crippen LogP) is 11.8. The van der Waals surface area contributed by atoms with E-state index in [2.05, 4.69) is 110 Å². The number of allylic oxidation sites excluding steroid dienone is 13. The fraction of sp³-hybridized carbons (Fsp3) is 0.278. The molecular formula is C36H50. The van der Waals surface area contributed by atoms with Gasteiger partial charge in [-0.2, -0.15) is 0 Å². The maximum Gasteiger partial charge on any atom is -0.00269 e. The van der Waals surface area contributed by atoms with Crippen molar-refractivity contribution in [2.45, 2.75) is 68.7 Å². The second kappa shape index (κ2) is 24.7. The highest BCUT2D eigenvalue weighted by atomic mass is 14.2. The molecule has 2 aromatic carbocycles. The zero-order chi connectivity index (χ0) is 27.6. The van der Waals surface area contributed by atoms with Gasteiger partial charge in [0.15, 0.2) is 0 Å². The van der Waals surface area contributed by atoms with Crippen LogP contribution >= 0.6 is 0 Å². The van der Waals surface area contributed by atoms with Crippen molar-refractivity contribution in [2.75, 3.05) is 0 Å². The summed E-state index contributed by atoms with van der Waals surface area (Å²) >= 11 is 0. The Morgan fingerprint density at radius 1 is 0.722 bits per heavy atom. The normalized spacial score (nSPS) is 12.5. The molecule has 0 atom stereocenters. The molecule has 0 aliphatic heterocycles. The minimum absolute atomic E-state index is 0.950. The van der Waals surface area contributed by atoms with E-state index in [4.69, 9.17) is 0 Å². The van der Waals surface area contributed by atoms with E-state index in [9.17, 15) is 0 Å². The lowest BCUT2D eigenvalue weighted by atomic mass is 9.85. The molecule has 1 aliphatic rings. The van der Waals surface area contributed by atoms with Crippen molar-refractivity contribution in [3.63, 3.8) is 0 Å². The molecule has 36 heavy (non-hydrogen) atoms. The maximum atomic E-state index is 4.11. The predicted molar refractivity (Wildman–Crippen MR) is 169 cm³/mol. The van der Waals surface area contributed by atoms with E-state index in [0.29, 0.717) is 0 Å². The van der Waals surface area contributed by atoms with E-state index < -0.39 is 0 Å². The Morgan fingerprint density at radius 2 is 1.25 bits per heavy atom. The first-order chi connectivity index (χ1) is 17.8. The molecule has 3 rings (SSSR count). The molecule has 0 unspecified atom stereocenters. The molecule has 0 spiro atoms. The first-order valence-corrected chi connectivity index (χ1v) is 13.7. The topological polar surface area (TPSA) is 0 Å². The summed E-state index contributed by atoms with van der Waals surface area (Å²) < 4.78 is 0. The number of rotatable bonds is 6. The summed E-state index contributed by atoms with van der Waals surface area (Å²) in [6.45, 7) is 22.1. The first kappa shape index (κ1) is 34.8. The van der Waals surface area contributed by atoms with Crippen LogP contribution in [0.25, 0.3) is 11.1 Å². The van der Waals surface area contributed by atoms with Crippen molar-refractivity contribution in [3.8, 4) is 0 Å². The van der Waals surface area contributed by atoms with Crippen LogP contribution in [0.4, 0.5) is 0 Å². The van der Waals surface area contributed by atoms with Gasteiger partial charge in [0, 0.05) is 0 Å². The molecule has 0 fully saturated rings. The van der Waals surface area contributed by atoms with Gasteiger partial charge in [-0.3, -0.25) is 0 Å². The zero-order valence-electron chi connectivity index (χ0n) is 24.4. The van der Waals surface area contributed by atoms with Gasteiger partial charge in [-0.05, 0) is 46.8 Å². The van der Waals surface area contributed by atoms with Gasteiger partial charge >= 0.3 is 0 Å². The molecule has 0 aromatic heterocycles. The van der Waals surface area contributed by atoms with Crippen molar-refractivity contribution in [1.29, 1.82) is 0 Å². The highest BCUT2D eigenvalue weighted by Gasteiger charge is 2.16. The Morgan fingerprint density at radius 3 is 1.75 bits per heavy atom. The van der Waals surface area contributed by atoms with Crippen LogP contribution in [0.1, 0.15) is 79.9 Å². The number of benzene rings is 2. The summed E-state index contributed by atoms with van der Waals surface area (Å²) in [5, 5.41) is 0. The van der Waals surface area contributed by atoms with Gasteiger partial charge in [0.25, 0.3) is 0 Å². The van der Waals surface area contributed by atoms with Crippen molar-refractivity contribution >= 4 is 11.1 Å². The Labute approximate surface area is 223 Å². The lowest BCUT2D eigenvalue weighted by Gasteiger charge is -2.19. The third kappa shape index (κ3) is 11.8. The Balaban J connectivity index is 0. The van der Waals surface area contributed by atoms with E-state index in [-0.39, 0.29) is 0 Å². The van der Waals surface area contributed by atoms with Gasteiger partial charge in [-0.1, -0.05) is 177 Å². The highest BCUT2D eigenvalue weighted by Crippen LogP contribution is 2.38. The third-order valence-electron chi connectivity index (χ3n) is 4.62. The summed E-state index contributed by atoms with van der Waals surface area (Å²) in [5.74, 6) is 0. The van der Waals surface area contributed by atoms with Crippen LogP contribution in [-0.2, 0) is 0 Å². The van der Waals surface area contributed by atoms with Gasteiger partial charge in [0.05, 0.1) is 0 Å². The average Bonchev–Trinajstić information content (AvgIpc) is 3.27. The number of hydrogen-bond acceptors (Lipinski definition) is 0. The second-order valence-electron chi connectivity index (χ2n) is 6.52. The molecule has 194 valence electrons. The maximum absolute atomic E-state index is 4.11. The quantitative estimate of drug-likeness (QED) is 0.283. The second-order valence-corrected chi connectivity index (χ2v) is 6.52. The largest absolute Gasteiger partial charge is 0.0984 e. The van der Waals surface area contributed by atoms with Crippen molar-refractivity contribution in [2.24, 2.45) is 0 Å². The zero-order valence-corrected chi connectivity index (χ0v) is 24.4. The van der Waals surface area contributed by atoms with E-state index >= 15 is 0 Å². The third-order valence-corrected chi connectivity index (χ3v) is 4.62. The summed E-state index contributed by atoms with van der Waals surface area (Å²) in [4.78, 5) is 0. The first-order valence-electron chi connectivity index (χ1n) is 13.7. The van der Waals surface area contributed by atoms with Crippen LogP contribution in [0.15, 0.2) is 133 Å². The minimum atomic E-state index is 0.950. The summed E-state index contributed by atoms with van der Waals surface area (Å²) in [6.07, 6.45) is 20.1. The van der Waals surface area contributed by atoms with E-state index in [1.165, 1.54) is 27.8 Å². The summed E-state index contributed by atoms with van der Waals surface area (Å²) in [6, 6.07) is 21.2.